The number of hydrogen-bond acceptors (Lipinski definition) is 3. The van der Waals surface area contributed by atoms with Crippen LogP contribution in [0.1, 0.15) is 26.2 Å². The summed E-state index contributed by atoms with van der Waals surface area (Å²) in [5.74, 6) is 0. The Bertz CT molecular complexity index is 189. The summed E-state index contributed by atoms with van der Waals surface area (Å²) in [7, 11) is -3.32. The molecule has 0 aliphatic carbocycles. The van der Waals surface area contributed by atoms with E-state index in [4.69, 9.17) is 10.9 Å². The molecule has 0 saturated heterocycles. The van der Waals surface area contributed by atoms with Crippen LogP contribution in [0.3, 0.4) is 0 Å². The summed E-state index contributed by atoms with van der Waals surface area (Å²) in [5, 5.41) is 4.47. The third-order valence-electron chi connectivity index (χ3n) is 1.63. The van der Waals surface area contributed by atoms with Crippen LogP contribution >= 0.6 is 0 Å². The molecule has 1 atom stereocenters. The molecule has 68 valence electrons. The molecule has 4 nitrogen and oxygen atoms in total. The van der Waals surface area contributed by atoms with Crippen LogP contribution in [0.2, 0.25) is 0 Å². The van der Waals surface area contributed by atoms with Crippen molar-refractivity contribution in [1.29, 1.82) is 0 Å². The maximum absolute atomic E-state index is 10.7. The molecule has 5 heteroatoms. The highest BCUT2D eigenvalue weighted by Gasteiger charge is 2.13. The molecule has 0 aromatic rings. The average molecular weight is 180 g/mol. The first-order valence-electron chi connectivity index (χ1n) is 3.70. The van der Waals surface area contributed by atoms with Crippen LogP contribution in [0, 0.1) is 0 Å². The Hall–Kier alpha value is -0.130. The molecule has 0 rings (SSSR count). The molecule has 0 heterocycles. The van der Waals surface area contributed by atoms with Gasteiger partial charge in [-0.25, -0.2) is 13.6 Å². The number of unbranched alkanes of at least 4 members (excludes halogenated alkanes) is 1. The molecule has 0 aromatic heterocycles. The third kappa shape index (κ3) is 5.17. The van der Waals surface area contributed by atoms with Crippen molar-refractivity contribution in [2.24, 2.45) is 10.9 Å². The van der Waals surface area contributed by atoms with E-state index in [1.807, 2.05) is 0 Å². The molecule has 0 radical (unpaired) electrons. The normalized spacial score (nSPS) is 14.8. The molecule has 0 saturated carbocycles. The smallest absolute Gasteiger partial charge is 0.211 e. The van der Waals surface area contributed by atoms with Gasteiger partial charge in [0.2, 0.25) is 10.0 Å². The quantitative estimate of drug-likeness (QED) is 0.574. The first-order valence-corrected chi connectivity index (χ1v) is 5.31. The van der Waals surface area contributed by atoms with Gasteiger partial charge in [0.25, 0.3) is 0 Å². The lowest BCUT2D eigenvalue weighted by Gasteiger charge is -2.06. The summed E-state index contributed by atoms with van der Waals surface area (Å²) >= 11 is 0. The molecule has 0 spiro atoms. The fourth-order valence-electron chi connectivity index (χ4n) is 0.740. The van der Waals surface area contributed by atoms with Crippen LogP contribution in [-0.2, 0) is 10.0 Å². The van der Waals surface area contributed by atoms with Crippen molar-refractivity contribution >= 4 is 10.0 Å². The molecule has 11 heavy (non-hydrogen) atoms. The van der Waals surface area contributed by atoms with Gasteiger partial charge in [-0.15, -0.1) is 0 Å². The largest absolute Gasteiger partial charge is 0.330 e. The number of hydrogen-bond donors (Lipinski definition) is 2. The maximum Gasteiger partial charge on any atom is 0.211 e. The van der Waals surface area contributed by atoms with Crippen molar-refractivity contribution in [2.75, 3.05) is 6.54 Å². The molecule has 0 aliphatic rings. The second kappa shape index (κ2) is 4.69. The van der Waals surface area contributed by atoms with Gasteiger partial charge in [0.05, 0.1) is 5.25 Å². The van der Waals surface area contributed by atoms with E-state index in [1.54, 1.807) is 6.92 Å². The molecule has 1 unspecified atom stereocenters. The van der Waals surface area contributed by atoms with Crippen molar-refractivity contribution in [2.45, 2.75) is 31.4 Å². The summed E-state index contributed by atoms with van der Waals surface area (Å²) in [6.45, 7) is 2.23. The fraction of sp³-hybridized carbons (Fsp3) is 1.00. The summed E-state index contributed by atoms with van der Waals surface area (Å²) in [4.78, 5) is 0. The van der Waals surface area contributed by atoms with Gasteiger partial charge in [0.1, 0.15) is 0 Å². The zero-order valence-electron chi connectivity index (χ0n) is 6.79. The number of rotatable bonds is 5. The highest BCUT2D eigenvalue weighted by Crippen LogP contribution is 2.05. The minimum absolute atomic E-state index is 0.436. The Kier molecular flexibility index (Phi) is 4.63. The lowest BCUT2D eigenvalue weighted by Crippen LogP contribution is -2.25. The SMILES string of the molecule is CC(CCCCN)S(N)(=O)=O. The second-order valence-electron chi connectivity index (χ2n) is 2.68. The Balaban J connectivity index is 3.62. The van der Waals surface area contributed by atoms with E-state index in [2.05, 4.69) is 0 Å². The van der Waals surface area contributed by atoms with E-state index in [0.717, 1.165) is 12.8 Å². The van der Waals surface area contributed by atoms with Crippen LogP contribution in [0.15, 0.2) is 0 Å². The number of primary sulfonamides is 1. The first kappa shape index (κ1) is 10.9. The van der Waals surface area contributed by atoms with Gasteiger partial charge in [-0.3, -0.25) is 0 Å². The lowest BCUT2D eigenvalue weighted by atomic mass is 10.2. The van der Waals surface area contributed by atoms with Crippen LogP contribution < -0.4 is 10.9 Å². The molecular formula is C6H16N2O2S. The Morgan fingerprint density at radius 3 is 2.27 bits per heavy atom. The third-order valence-corrected chi connectivity index (χ3v) is 2.98. The molecular weight excluding hydrogens is 164 g/mol. The van der Waals surface area contributed by atoms with Crippen LogP contribution in [0.25, 0.3) is 0 Å². The van der Waals surface area contributed by atoms with Crippen LogP contribution in [-0.4, -0.2) is 20.2 Å². The standard InChI is InChI=1S/C6H16N2O2S/c1-6(11(8,9)10)4-2-3-5-7/h6H,2-5,7H2,1H3,(H2,8,9,10). The molecule has 0 fully saturated rings. The Morgan fingerprint density at radius 2 is 1.91 bits per heavy atom. The summed E-state index contributed by atoms with van der Waals surface area (Å²) in [5.41, 5.74) is 5.24. The molecule has 0 bridgehead atoms. The first-order chi connectivity index (χ1) is 4.98. The van der Waals surface area contributed by atoms with Crippen LogP contribution in [0.5, 0.6) is 0 Å². The van der Waals surface area contributed by atoms with E-state index < -0.39 is 15.3 Å². The summed E-state index contributed by atoms with van der Waals surface area (Å²) in [6.07, 6.45) is 2.30. The van der Waals surface area contributed by atoms with E-state index in [0.29, 0.717) is 13.0 Å². The molecule has 0 aromatic carbocycles. The van der Waals surface area contributed by atoms with Gasteiger partial charge in [-0.1, -0.05) is 6.42 Å². The van der Waals surface area contributed by atoms with Gasteiger partial charge in [-0.05, 0) is 26.3 Å². The maximum atomic E-state index is 10.7. The molecule has 4 N–H and O–H groups in total. The van der Waals surface area contributed by atoms with Crippen molar-refractivity contribution in [1.82, 2.24) is 0 Å². The fourth-order valence-corrected chi connectivity index (χ4v) is 1.24. The highest BCUT2D eigenvalue weighted by molar-refractivity contribution is 7.89. The van der Waals surface area contributed by atoms with Crippen molar-refractivity contribution in [3.63, 3.8) is 0 Å². The van der Waals surface area contributed by atoms with Crippen molar-refractivity contribution < 1.29 is 8.42 Å². The second-order valence-corrected chi connectivity index (χ2v) is 4.67. The van der Waals surface area contributed by atoms with Gasteiger partial charge in [0, 0.05) is 0 Å². The topological polar surface area (TPSA) is 86.2 Å². The highest BCUT2D eigenvalue weighted by atomic mass is 32.2. The Labute approximate surface area is 68.0 Å². The zero-order chi connectivity index (χ0) is 8.91. The molecule has 0 amide bonds. The average Bonchev–Trinajstić information content (AvgIpc) is 1.86. The minimum Gasteiger partial charge on any atom is -0.330 e. The van der Waals surface area contributed by atoms with Gasteiger partial charge in [0.15, 0.2) is 0 Å². The Morgan fingerprint density at radius 1 is 1.36 bits per heavy atom. The van der Waals surface area contributed by atoms with E-state index >= 15 is 0 Å². The van der Waals surface area contributed by atoms with Gasteiger partial charge >= 0.3 is 0 Å². The summed E-state index contributed by atoms with van der Waals surface area (Å²) < 4.78 is 21.3. The number of sulfonamides is 1. The predicted octanol–water partition coefficient (Wildman–Crippen LogP) is -0.208. The van der Waals surface area contributed by atoms with Gasteiger partial charge < -0.3 is 5.73 Å². The molecule has 0 aliphatic heterocycles. The van der Waals surface area contributed by atoms with Crippen molar-refractivity contribution in [3.05, 3.63) is 0 Å². The predicted molar refractivity (Wildman–Crippen MR) is 45.5 cm³/mol. The van der Waals surface area contributed by atoms with Crippen LogP contribution in [0.4, 0.5) is 0 Å². The monoisotopic (exact) mass is 180 g/mol. The van der Waals surface area contributed by atoms with E-state index in [9.17, 15) is 8.42 Å². The van der Waals surface area contributed by atoms with Gasteiger partial charge in [-0.2, -0.15) is 0 Å². The minimum atomic E-state index is -3.32. The zero-order valence-corrected chi connectivity index (χ0v) is 7.60. The number of nitrogens with two attached hydrogens (primary N) is 2. The lowest BCUT2D eigenvalue weighted by molar-refractivity contribution is 0.571. The summed E-state index contributed by atoms with van der Waals surface area (Å²) in [6, 6.07) is 0. The van der Waals surface area contributed by atoms with Crippen molar-refractivity contribution in [3.8, 4) is 0 Å². The van der Waals surface area contributed by atoms with E-state index in [1.165, 1.54) is 0 Å². The van der Waals surface area contributed by atoms with E-state index in [-0.39, 0.29) is 0 Å².